The van der Waals surface area contributed by atoms with Crippen molar-refractivity contribution in [3.8, 4) is 11.5 Å². The van der Waals surface area contributed by atoms with Gasteiger partial charge in [-0.15, -0.1) is 0 Å². The van der Waals surface area contributed by atoms with E-state index in [9.17, 15) is 19.2 Å². The summed E-state index contributed by atoms with van der Waals surface area (Å²) in [6.07, 6.45) is -2.14. The van der Waals surface area contributed by atoms with Crippen LogP contribution in [-0.2, 0) is 30.4 Å². The molecule has 0 spiro atoms. The molecule has 9 nitrogen and oxygen atoms in total. The second-order valence-corrected chi connectivity index (χ2v) is 9.02. The van der Waals surface area contributed by atoms with Crippen molar-refractivity contribution >= 4 is 23.3 Å². The van der Waals surface area contributed by atoms with Crippen LogP contribution in [0.3, 0.4) is 0 Å². The van der Waals surface area contributed by atoms with E-state index in [1.165, 1.54) is 40.2 Å². The minimum absolute atomic E-state index is 0.0201. The largest absolute Gasteiger partial charge is 0.496 e. The van der Waals surface area contributed by atoms with E-state index in [1.807, 2.05) is 30.3 Å². The fourth-order valence-electron chi connectivity index (χ4n) is 4.85. The van der Waals surface area contributed by atoms with Crippen LogP contribution in [0.4, 0.5) is 0 Å². The van der Waals surface area contributed by atoms with Gasteiger partial charge in [0.15, 0.2) is 11.6 Å². The molecule has 0 bridgehead atoms. The van der Waals surface area contributed by atoms with Crippen LogP contribution >= 0.6 is 0 Å². The van der Waals surface area contributed by atoms with E-state index in [2.05, 4.69) is 0 Å². The van der Waals surface area contributed by atoms with Crippen LogP contribution in [0, 0.1) is 11.3 Å². The summed E-state index contributed by atoms with van der Waals surface area (Å²) in [5.74, 6) is -3.09. The molecule has 0 N–H and O–H groups in total. The van der Waals surface area contributed by atoms with Crippen molar-refractivity contribution in [2.45, 2.75) is 39.1 Å². The number of esters is 1. The smallest absolute Gasteiger partial charge is 0.308 e. The van der Waals surface area contributed by atoms with Crippen LogP contribution < -0.4 is 9.47 Å². The molecule has 0 aromatic heterocycles. The van der Waals surface area contributed by atoms with Crippen molar-refractivity contribution in [1.82, 2.24) is 0 Å². The first-order valence-corrected chi connectivity index (χ1v) is 11.5. The summed E-state index contributed by atoms with van der Waals surface area (Å²) in [7, 11) is 2.79. The fraction of sp³-hybridized carbons (Fsp3) is 0.407. The Morgan fingerprint density at radius 2 is 1.83 bits per heavy atom. The van der Waals surface area contributed by atoms with Gasteiger partial charge in [-0.05, 0) is 25.5 Å². The number of carbonyl (C=O) groups is 4. The Balaban J connectivity index is 1.78. The van der Waals surface area contributed by atoms with Gasteiger partial charge in [-0.25, -0.2) is 0 Å². The highest BCUT2D eigenvalue weighted by molar-refractivity contribution is 6.26. The predicted octanol–water partition coefficient (Wildman–Crippen LogP) is 3.17. The van der Waals surface area contributed by atoms with Crippen LogP contribution in [-0.4, -0.2) is 56.5 Å². The molecule has 1 aliphatic heterocycles. The van der Waals surface area contributed by atoms with E-state index in [-0.39, 0.29) is 36.7 Å². The molecule has 1 heterocycles. The topological polar surface area (TPSA) is 114 Å². The third-order valence-corrected chi connectivity index (χ3v) is 6.87. The maximum absolute atomic E-state index is 14.0. The zero-order valence-electron chi connectivity index (χ0n) is 20.6. The molecule has 4 unspecified atom stereocenters. The molecule has 36 heavy (non-hydrogen) atoms. The van der Waals surface area contributed by atoms with E-state index >= 15 is 0 Å². The number of Topliss-reactive ketones (excluding diaryl/α,β-unsaturated/α-hetero) is 3. The zero-order chi connectivity index (χ0) is 26.0. The Bertz CT molecular complexity index is 1190. The van der Waals surface area contributed by atoms with Crippen LogP contribution in [0.5, 0.6) is 11.5 Å². The van der Waals surface area contributed by atoms with Crippen molar-refractivity contribution < 1.29 is 42.9 Å². The van der Waals surface area contributed by atoms with Crippen molar-refractivity contribution in [2.24, 2.45) is 11.3 Å². The third-order valence-electron chi connectivity index (χ3n) is 6.87. The molecule has 1 aliphatic carbocycles. The SMILES string of the molecule is COCOC1CC(=O)OC1C1C(=O)c2c(OC)cc(OCc3ccccc3)cc2C(=O)C1(C)C(C)=O. The lowest BCUT2D eigenvalue weighted by Crippen LogP contribution is -2.56. The predicted molar refractivity (Wildman–Crippen MR) is 126 cm³/mol. The normalized spacial score (nSPS) is 25.3. The van der Waals surface area contributed by atoms with Crippen molar-refractivity contribution in [1.29, 1.82) is 0 Å². The number of benzene rings is 2. The lowest BCUT2D eigenvalue weighted by Gasteiger charge is -2.41. The van der Waals surface area contributed by atoms with Crippen LogP contribution in [0.2, 0.25) is 0 Å². The molecular weight excluding hydrogens is 468 g/mol. The van der Waals surface area contributed by atoms with Gasteiger partial charge < -0.3 is 23.7 Å². The number of carbonyl (C=O) groups excluding carboxylic acids is 4. The first-order valence-electron chi connectivity index (χ1n) is 11.5. The van der Waals surface area contributed by atoms with Crippen LogP contribution in [0.1, 0.15) is 46.5 Å². The number of cyclic esters (lactones) is 1. The second-order valence-electron chi connectivity index (χ2n) is 9.02. The van der Waals surface area contributed by atoms with Gasteiger partial charge in [-0.2, -0.15) is 0 Å². The van der Waals surface area contributed by atoms with Crippen LogP contribution in [0.25, 0.3) is 0 Å². The van der Waals surface area contributed by atoms with Crippen molar-refractivity contribution in [2.75, 3.05) is 21.0 Å². The second kappa shape index (κ2) is 10.2. The van der Waals surface area contributed by atoms with Gasteiger partial charge in [0.1, 0.15) is 48.3 Å². The minimum Gasteiger partial charge on any atom is -0.496 e. The molecule has 1 fully saturated rings. The van der Waals surface area contributed by atoms with Crippen molar-refractivity contribution in [3.63, 3.8) is 0 Å². The maximum Gasteiger partial charge on any atom is 0.308 e. The summed E-state index contributed by atoms with van der Waals surface area (Å²) in [6.45, 7) is 2.74. The summed E-state index contributed by atoms with van der Waals surface area (Å²) in [5.41, 5.74) is -0.839. The van der Waals surface area contributed by atoms with E-state index in [1.54, 1.807) is 0 Å². The number of fused-ring (bicyclic) bond motifs is 1. The average Bonchev–Trinajstić information content (AvgIpc) is 3.24. The molecule has 2 aromatic rings. The highest BCUT2D eigenvalue weighted by Crippen LogP contribution is 2.48. The van der Waals surface area contributed by atoms with Crippen molar-refractivity contribution in [3.05, 3.63) is 59.2 Å². The molecule has 0 saturated carbocycles. The van der Waals surface area contributed by atoms with Gasteiger partial charge in [-0.1, -0.05) is 30.3 Å². The highest BCUT2D eigenvalue weighted by Gasteiger charge is 2.61. The standard InChI is InChI=1S/C27H28O9/c1-15(28)27(2)23(25-20(35-14-32-3)12-21(29)36-25)24(30)22-18(26(27)31)10-17(11-19(22)33-4)34-13-16-8-6-5-7-9-16/h5-11,20,23,25H,12-14H2,1-4H3. The van der Waals surface area contributed by atoms with E-state index in [4.69, 9.17) is 23.7 Å². The number of ketones is 3. The summed E-state index contributed by atoms with van der Waals surface area (Å²) in [6, 6.07) is 12.4. The highest BCUT2D eigenvalue weighted by atomic mass is 16.7. The molecule has 4 rings (SSSR count). The fourth-order valence-corrected chi connectivity index (χ4v) is 4.85. The Kier molecular flexibility index (Phi) is 7.23. The molecule has 190 valence electrons. The van der Waals surface area contributed by atoms with E-state index in [0.29, 0.717) is 5.75 Å². The average molecular weight is 497 g/mol. The Morgan fingerprint density at radius 3 is 2.47 bits per heavy atom. The number of hydrogen-bond donors (Lipinski definition) is 0. The summed E-state index contributed by atoms with van der Waals surface area (Å²) in [5, 5.41) is 0. The van der Waals surface area contributed by atoms with Gasteiger partial charge in [0.25, 0.3) is 0 Å². The van der Waals surface area contributed by atoms with Crippen LogP contribution in [0.15, 0.2) is 42.5 Å². The van der Waals surface area contributed by atoms with Gasteiger partial charge in [-0.3, -0.25) is 19.2 Å². The monoisotopic (exact) mass is 496 g/mol. The molecule has 2 aliphatic rings. The number of ether oxygens (including phenoxy) is 5. The summed E-state index contributed by atoms with van der Waals surface area (Å²) >= 11 is 0. The third kappa shape index (κ3) is 4.40. The van der Waals surface area contributed by atoms with Gasteiger partial charge in [0.05, 0.1) is 25.0 Å². The minimum atomic E-state index is -1.79. The number of rotatable bonds is 9. The molecule has 1 saturated heterocycles. The van der Waals surface area contributed by atoms with Gasteiger partial charge in [0.2, 0.25) is 0 Å². The Morgan fingerprint density at radius 1 is 1.11 bits per heavy atom. The number of hydrogen-bond acceptors (Lipinski definition) is 9. The van der Waals surface area contributed by atoms with Gasteiger partial charge >= 0.3 is 5.97 Å². The first kappa shape index (κ1) is 25.5. The number of methoxy groups -OCH3 is 2. The van der Waals surface area contributed by atoms with Gasteiger partial charge in [0, 0.05) is 18.7 Å². The molecule has 9 heteroatoms. The first-order chi connectivity index (χ1) is 17.2. The lowest BCUT2D eigenvalue weighted by atomic mass is 9.59. The summed E-state index contributed by atoms with van der Waals surface area (Å²) < 4.78 is 27.4. The van der Waals surface area contributed by atoms with E-state index < -0.39 is 46.9 Å². The lowest BCUT2D eigenvalue weighted by molar-refractivity contribution is -0.149. The Hall–Kier alpha value is -3.56. The molecule has 0 radical (unpaired) electrons. The summed E-state index contributed by atoms with van der Waals surface area (Å²) in [4.78, 5) is 53.0. The molecular formula is C27H28O9. The quantitative estimate of drug-likeness (QED) is 0.293. The molecule has 2 aromatic carbocycles. The maximum atomic E-state index is 14.0. The Labute approximate surface area is 208 Å². The van der Waals surface area contributed by atoms with E-state index in [0.717, 1.165) is 5.56 Å². The molecule has 0 amide bonds. The molecule has 4 atom stereocenters. The zero-order valence-corrected chi connectivity index (χ0v) is 20.6.